The molecule has 2 aliphatic rings. The van der Waals surface area contributed by atoms with E-state index in [4.69, 9.17) is 10.5 Å². The third-order valence-corrected chi connectivity index (χ3v) is 5.85. The number of nitrogens with two attached hydrogens (primary N) is 1. The molecule has 2 fully saturated rings. The van der Waals surface area contributed by atoms with Crippen LogP contribution >= 0.6 is 11.8 Å². The molecule has 2 atom stereocenters. The number of ether oxygens (including phenoxy) is 1. The molecule has 3 rings (SSSR count). The minimum Gasteiger partial charge on any atom is -0.375 e. The SMILES string of the molecule is Cc1cnccc1C(N)C1CCOC2(CCSCC2)C1. The van der Waals surface area contributed by atoms with Crippen molar-refractivity contribution in [1.29, 1.82) is 0 Å². The van der Waals surface area contributed by atoms with Crippen LogP contribution in [0.4, 0.5) is 0 Å². The zero-order chi connectivity index (χ0) is 14.0. The van der Waals surface area contributed by atoms with Crippen molar-refractivity contribution in [3.63, 3.8) is 0 Å². The molecule has 0 bridgehead atoms. The van der Waals surface area contributed by atoms with Gasteiger partial charge in [0.1, 0.15) is 0 Å². The average Bonchev–Trinajstić information content (AvgIpc) is 2.48. The Kier molecular flexibility index (Phi) is 4.34. The molecular weight excluding hydrogens is 268 g/mol. The maximum atomic E-state index is 6.57. The molecule has 4 heteroatoms. The molecular formula is C16H24N2OS. The Morgan fingerprint density at radius 2 is 2.25 bits per heavy atom. The van der Waals surface area contributed by atoms with Gasteiger partial charge in [-0.25, -0.2) is 0 Å². The average molecular weight is 292 g/mol. The van der Waals surface area contributed by atoms with Crippen molar-refractivity contribution in [2.45, 2.75) is 44.2 Å². The van der Waals surface area contributed by atoms with Gasteiger partial charge in [0.15, 0.2) is 0 Å². The Hall–Kier alpha value is -0.580. The van der Waals surface area contributed by atoms with E-state index >= 15 is 0 Å². The lowest BCUT2D eigenvalue weighted by molar-refractivity contribution is -0.105. The molecule has 110 valence electrons. The predicted molar refractivity (Wildman–Crippen MR) is 83.9 cm³/mol. The van der Waals surface area contributed by atoms with Gasteiger partial charge in [0.05, 0.1) is 5.60 Å². The number of rotatable bonds is 2. The molecule has 2 aliphatic heterocycles. The number of aromatic nitrogens is 1. The molecule has 2 unspecified atom stereocenters. The zero-order valence-electron chi connectivity index (χ0n) is 12.2. The second kappa shape index (κ2) is 6.04. The number of aryl methyl sites for hydroxylation is 1. The second-order valence-corrected chi connectivity index (χ2v) is 7.38. The maximum absolute atomic E-state index is 6.57. The standard InChI is InChI=1S/C16H24N2OS/c1-12-11-18-6-2-14(12)15(17)13-3-7-19-16(10-13)4-8-20-9-5-16/h2,6,11,13,15H,3-5,7-10,17H2,1H3. The van der Waals surface area contributed by atoms with Crippen molar-refractivity contribution in [2.24, 2.45) is 11.7 Å². The topological polar surface area (TPSA) is 48.1 Å². The molecule has 1 aromatic heterocycles. The van der Waals surface area contributed by atoms with E-state index < -0.39 is 0 Å². The smallest absolute Gasteiger partial charge is 0.0701 e. The first-order chi connectivity index (χ1) is 9.70. The predicted octanol–water partition coefficient (Wildman–Crippen LogP) is 3.08. The summed E-state index contributed by atoms with van der Waals surface area (Å²) in [5.74, 6) is 3.00. The van der Waals surface area contributed by atoms with Gasteiger partial charge < -0.3 is 10.5 Å². The van der Waals surface area contributed by atoms with Gasteiger partial charge >= 0.3 is 0 Å². The first kappa shape index (κ1) is 14.4. The summed E-state index contributed by atoms with van der Waals surface area (Å²) >= 11 is 2.05. The Bertz CT molecular complexity index is 454. The molecule has 2 saturated heterocycles. The highest BCUT2D eigenvalue weighted by atomic mass is 32.2. The summed E-state index contributed by atoms with van der Waals surface area (Å²) in [6.07, 6.45) is 8.36. The van der Waals surface area contributed by atoms with Crippen molar-refractivity contribution in [1.82, 2.24) is 4.98 Å². The van der Waals surface area contributed by atoms with Gasteiger partial charge in [-0.15, -0.1) is 0 Å². The van der Waals surface area contributed by atoms with Crippen LogP contribution < -0.4 is 5.73 Å². The van der Waals surface area contributed by atoms with Crippen LogP contribution in [0.25, 0.3) is 0 Å². The highest BCUT2D eigenvalue weighted by Crippen LogP contribution is 2.43. The van der Waals surface area contributed by atoms with Crippen LogP contribution in [0.3, 0.4) is 0 Å². The zero-order valence-corrected chi connectivity index (χ0v) is 13.0. The molecule has 3 nitrogen and oxygen atoms in total. The summed E-state index contributed by atoms with van der Waals surface area (Å²) in [6.45, 7) is 2.97. The minimum atomic E-state index is 0.118. The monoisotopic (exact) mass is 292 g/mol. The third kappa shape index (κ3) is 2.87. The van der Waals surface area contributed by atoms with Crippen LogP contribution in [-0.4, -0.2) is 28.7 Å². The van der Waals surface area contributed by atoms with Gasteiger partial charge in [-0.1, -0.05) is 0 Å². The van der Waals surface area contributed by atoms with Crippen molar-refractivity contribution in [3.8, 4) is 0 Å². The molecule has 20 heavy (non-hydrogen) atoms. The Labute approximate surface area is 125 Å². The fourth-order valence-corrected chi connectivity index (χ4v) is 4.81. The van der Waals surface area contributed by atoms with Crippen molar-refractivity contribution < 1.29 is 4.74 Å². The van der Waals surface area contributed by atoms with Crippen LogP contribution in [0.2, 0.25) is 0 Å². The minimum absolute atomic E-state index is 0.118. The van der Waals surface area contributed by atoms with Crippen molar-refractivity contribution >= 4 is 11.8 Å². The molecule has 0 aliphatic carbocycles. The highest BCUT2D eigenvalue weighted by Gasteiger charge is 2.40. The van der Waals surface area contributed by atoms with Gasteiger partial charge in [-0.05, 0) is 67.2 Å². The lowest BCUT2D eigenvalue weighted by Gasteiger charge is -2.45. The Morgan fingerprint density at radius 3 is 3.00 bits per heavy atom. The number of thioether (sulfide) groups is 1. The van der Waals surface area contributed by atoms with Gasteiger partial charge in [0, 0.05) is 25.0 Å². The van der Waals surface area contributed by atoms with Gasteiger partial charge in [0.25, 0.3) is 0 Å². The van der Waals surface area contributed by atoms with E-state index in [9.17, 15) is 0 Å². The van der Waals surface area contributed by atoms with Crippen LogP contribution in [0.5, 0.6) is 0 Å². The first-order valence-corrected chi connectivity index (χ1v) is 8.73. The van der Waals surface area contributed by atoms with Crippen LogP contribution in [0.1, 0.15) is 42.9 Å². The summed E-state index contributed by atoms with van der Waals surface area (Å²) in [4.78, 5) is 4.17. The van der Waals surface area contributed by atoms with Gasteiger partial charge in [0.2, 0.25) is 0 Å². The third-order valence-electron chi connectivity index (χ3n) is 4.87. The maximum Gasteiger partial charge on any atom is 0.0701 e. The van der Waals surface area contributed by atoms with E-state index in [0.717, 1.165) is 19.4 Å². The van der Waals surface area contributed by atoms with Gasteiger partial charge in [-0.3, -0.25) is 4.98 Å². The second-order valence-electron chi connectivity index (χ2n) is 6.15. The molecule has 1 aromatic rings. The molecule has 0 amide bonds. The number of hydrogen-bond donors (Lipinski definition) is 1. The number of hydrogen-bond acceptors (Lipinski definition) is 4. The van der Waals surface area contributed by atoms with E-state index in [1.807, 2.05) is 12.4 Å². The van der Waals surface area contributed by atoms with Crippen molar-refractivity contribution in [3.05, 3.63) is 29.6 Å². The van der Waals surface area contributed by atoms with E-state index in [0.29, 0.717) is 5.92 Å². The molecule has 0 aromatic carbocycles. The summed E-state index contributed by atoms with van der Waals surface area (Å²) in [6, 6.07) is 2.20. The summed E-state index contributed by atoms with van der Waals surface area (Å²) < 4.78 is 6.17. The largest absolute Gasteiger partial charge is 0.375 e. The lowest BCUT2D eigenvalue weighted by atomic mass is 9.77. The summed E-state index contributed by atoms with van der Waals surface area (Å²) in [7, 11) is 0. The van der Waals surface area contributed by atoms with E-state index in [-0.39, 0.29) is 11.6 Å². The van der Waals surface area contributed by atoms with E-state index in [1.165, 1.54) is 35.5 Å². The molecule has 2 N–H and O–H groups in total. The normalized spacial score (nSPS) is 27.4. The molecule has 0 radical (unpaired) electrons. The number of nitrogens with zero attached hydrogens (tertiary/aromatic N) is 1. The number of pyridine rings is 1. The van der Waals surface area contributed by atoms with Crippen LogP contribution in [0.15, 0.2) is 18.5 Å². The van der Waals surface area contributed by atoms with E-state index in [2.05, 4.69) is 29.7 Å². The summed E-state index contributed by atoms with van der Waals surface area (Å²) in [5.41, 5.74) is 9.15. The molecule has 1 spiro atoms. The van der Waals surface area contributed by atoms with Crippen molar-refractivity contribution in [2.75, 3.05) is 18.1 Å². The first-order valence-electron chi connectivity index (χ1n) is 7.58. The quantitative estimate of drug-likeness (QED) is 0.910. The van der Waals surface area contributed by atoms with Gasteiger partial charge in [-0.2, -0.15) is 11.8 Å². The fraction of sp³-hybridized carbons (Fsp3) is 0.688. The van der Waals surface area contributed by atoms with E-state index in [1.54, 1.807) is 0 Å². The fourth-order valence-electron chi connectivity index (χ4n) is 3.58. The van der Waals surface area contributed by atoms with Crippen LogP contribution in [0, 0.1) is 12.8 Å². The highest BCUT2D eigenvalue weighted by molar-refractivity contribution is 7.99. The van der Waals surface area contributed by atoms with Crippen LogP contribution in [-0.2, 0) is 4.74 Å². The Morgan fingerprint density at radius 1 is 1.45 bits per heavy atom. The Balaban J connectivity index is 1.75. The molecule has 3 heterocycles. The molecule has 0 saturated carbocycles. The lowest BCUT2D eigenvalue weighted by Crippen LogP contribution is -2.45. The summed E-state index contributed by atoms with van der Waals surface area (Å²) in [5, 5.41) is 0.